The molecule has 1 aromatic rings. The van der Waals surface area contributed by atoms with Gasteiger partial charge in [0, 0.05) is 51.0 Å². The molecule has 1 aliphatic heterocycles. The predicted octanol–water partition coefficient (Wildman–Crippen LogP) is 3.56. The Balaban J connectivity index is 1.82. The molecule has 0 aliphatic carbocycles. The fourth-order valence-corrected chi connectivity index (χ4v) is 3.54. The van der Waals surface area contributed by atoms with Gasteiger partial charge < -0.3 is 25.2 Å². The smallest absolute Gasteiger partial charge is 0.410 e. The summed E-state index contributed by atoms with van der Waals surface area (Å²) in [5, 5.41) is 6.93. The van der Waals surface area contributed by atoms with Crippen LogP contribution in [-0.4, -0.2) is 72.8 Å². The van der Waals surface area contributed by atoms with Crippen LogP contribution < -0.4 is 15.5 Å². The van der Waals surface area contributed by atoms with Crippen LogP contribution in [-0.2, 0) is 4.74 Å². The summed E-state index contributed by atoms with van der Waals surface area (Å²) in [6.45, 7) is 15.2. The molecule has 1 fully saturated rings. The number of ether oxygens (including phenoxy) is 1. The third-order valence-electron chi connectivity index (χ3n) is 5.54. The lowest BCUT2D eigenvalue weighted by Crippen LogP contribution is -2.49. The molecule has 1 aliphatic rings. The second-order valence-corrected chi connectivity index (χ2v) is 9.53. The maximum atomic E-state index is 12.2. The Bertz CT molecular complexity index is 753. The average molecular weight is 447 g/mol. The Labute approximate surface area is 193 Å². The first-order valence-corrected chi connectivity index (χ1v) is 11.8. The number of nitrogens with zero attached hydrogens (tertiary/aromatic N) is 4. The standard InChI is InChI=1S/C24H42N6O2/c1-8-25-22(26-15-12-19(3)29(7)23(31)32-24(4,5)6)28-20-13-16-30(17-14-20)21-11-9-10-18(2)27-21/h9-11,19-20H,8,12-17H2,1-7H3,(H2,25,26,28). The van der Waals surface area contributed by atoms with Crippen molar-refractivity contribution in [1.29, 1.82) is 0 Å². The lowest BCUT2D eigenvalue weighted by Gasteiger charge is -2.34. The maximum absolute atomic E-state index is 12.2. The van der Waals surface area contributed by atoms with Crippen LogP contribution in [0.15, 0.2) is 23.2 Å². The molecule has 2 heterocycles. The topological polar surface area (TPSA) is 82.1 Å². The fourth-order valence-electron chi connectivity index (χ4n) is 3.54. The van der Waals surface area contributed by atoms with Crippen molar-refractivity contribution in [3.05, 3.63) is 23.9 Å². The van der Waals surface area contributed by atoms with E-state index < -0.39 is 5.60 Å². The summed E-state index contributed by atoms with van der Waals surface area (Å²) in [7, 11) is 1.78. The van der Waals surface area contributed by atoms with E-state index in [1.807, 2.05) is 40.7 Å². The first-order chi connectivity index (χ1) is 15.1. The van der Waals surface area contributed by atoms with Crippen LogP contribution in [0.4, 0.5) is 10.6 Å². The zero-order valence-corrected chi connectivity index (χ0v) is 20.9. The minimum Gasteiger partial charge on any atom is -0.444 e. The van der Waals surface area contributed by atoms with Gasteiger partial charge in [0.15, 0.2) is 5.96 Å². The molecular formula is C24H42N6O2. The number of aliphatic imine (C=N–C) groups is 1. The minimum absolute atomic E-state index is 0.0431. The van der Waals surface area contributed by atoms with Gasteiger partial charge in [-0.25, -0.2) is 9.78 Å². The highest BCUT2D eigenvalue weighted by molar-refractivity contribution is 5.80. The molecule has 0 saturated carbocycles. The molecule has 180 valence electrons. The highest BCUT2D eigenvalue weighted by Crippen LogP contribution is 2.18. The molecular weight excluding hydrogens is 404 g/mol. The van der Waals surface area contributed by atoms with Crippen LogP contribution >= 0.6 is 0 Å². The third kappa shape index (κ3) is 8.55. The zero-order chi connectivity index (χ0) is 23.7. The lowest BCUT2D eigenvalue weighted by molar-refractivity contribution is 0.0231. The van der Waals surface area contributed by atoms with E-state index in [4.69, 9.17) is 9.73 Å². The number of hydrogen-bond acceptors (Lipinski definition) is 5. The minimum atomic E-state index is -0.490. The van der Waals surface area contributed by atoms with Crippen LogP contribution in [0.2, 0.25) is 0 Å². The molecule has 8 nitrogen and oxygen atoms in total. The Hall–Kier alpha value is -2.51. The molecule has 2 rings (SSSR count). The van der Waals surface area contributed by atoms with Gasteiger partial charge in [-0.3, -0.25) is 4.99 Å². The van der Waals surface area contributed by atoms with Crippen LogP contribution in [0.3, 0.4) is 0 Å². The predicted molar refractivity (Wildman–Crippen MR) is 131 cm³/mol. The fraction of sp³-hybridized carbons (Fsp3) is 0.708. The summed E-state index contributed by atoms with van der Waals surface area (Å²) in [6, 6.07) is 6.61. The van der Waals surface area contributed by atoms with Gasteiger partial charge in [0.1, 0.15) is 11.4 Å². The van der Waals surface area contributed by atoms with Crippen molar-refractivity contribution in [2.45, 2.75) is 78.5 Å². The normalized spacial score (nSPS) is 16.5. The average Bonchev–Trinajstić information content (AvgIpc) is 2.72. The van der Waals surface area contributed by atoms with Crippen LogP contribution in [0.1, 0.15) is 59.6 Å². The van der Waals surface area contributed by atoms with Crippen molar-refractivity contribution in [1.82, 2.24) is 20.5 Å². The summed E-state index contributed by atoms with van der Waals surface area (Å²) in [5.74, 6) is 1.90. The second-order valence-electron chi connectivity index (χ2n) is 9.53. The Morgan fingerprint density at radius 2 is 2.03 bits per heavy atom. The highest BCUT2D eigenvalue weighted by Gasteiger charge is 2.23. The van der Waals surface area contributed by atoms with Gasteiger partial charge >= 0.3 is 6.09 Å². The van der Waals surface area contributed by atoms with Gasteiger partial charge in [-0.15, -0.1) is 0 Å². The second kappa shape index (κ2) is 11.9. The summed E-state index contributed by atoms with van der Waals surface area (Å²) >= 11 is 0. The van der Waals surface area contributed by atoms with E-state index in [1.54, 1.807) is 11.9 Å². The van der Waals surface area contributed by atoms with E-state index in [-0.39, 0.29) is 12.1 Å². The largest absolute Gasteiger partial charge is 0.444 e. The van der Waals surface area contributed by atoms with Gasteiger partial charge in [-0.05, 0) is 72.9 Å². The highest BCUT2D eigenvalue weighted by atomic mass is 16.6. The van der Waals surface area contributed by atoms with Gasteiger partial charge in [0.2, 0.25) is 0 Å². The number of rotatable bonds is 7. The number of aromatic nitrogens is 1. The quantitative estimate of drug-likeness (QED) is 0.492. The van der Waals surface area contributed by atoms with Crippen LogP contribution in [0.5, 0.6) is 0 Å². The van der Waals surface area contributed by atoms with Crippen molar-refractivity contribution in [3.8, 4) is 0 Å². The number of carbonyl (C=O) groups excluding carboxylic acids is 1. The van der Waals surface area contributed by atoms with Crippen molar-refractivity contribution in [3.63, 3.8) is 0 Å². The molecule has 32 heavy (non-hydrogen) atoms. The molecule has 1 aromatic heterocycles. The van der Waals surface area contributed by atoms with Crippen LogP contribution in [0, 0.1) is 6.92 Å². The number of guanidine groups is 1. The van der Waals surface area contributed by atoms with Crippen molar-refractivity contribution in [2.75, 3.05) is 38.1 Å². The molecule has 0 aromatic carbocycles. The van der Waals surface area contributed by atoms with E-state index in [0.717, 1.165) is 56.4 Å². The molecule has 1 amide bonds. The van der Waals surface area contributed by atoms with Crippen LogP contribution in [0.25, 0.3) is 0 Å². The number of piperidine rings is 1. The molecule has 0 bridgehead atoms. The number of hydrogen-bond donors (Lipinski definition) is 2. The van der Waals surface area contributed by atoms with Crippen molar-refractivity contribution < 1.29 is 9.53 Å². The monoisotopic (exact) mass is 446 g/mol. The number of pyridine rings is 1. The zero-order valence-electron chi connectivity index (χ0n) is 20.9. The Kier molecular flexibility index (Phi) is 9.60. The van der Waals surface area contributed by atoms with E-state index in [0.29, 0.717) is 12.6 Å². The van der Waals surface area contributed by atoms with E-state index >= 15 is 0 Å². The van der Waals surface area contributed by atoms with Crippen molar-refractivity contribution in [2.24, 2.45) is 4.99 Å². The first kappa shape index (κ1) is 25.7. The molecule has 8 heteroatoms. The van der Waals surface area contributed by atoms with E-state index in [9.17, 15) is 4.79 Å². The number of amides is 1. The summed E-state index contributed by atoms with van der Waals surface area (Å²) in [6.07, 6.45) is 2.55. The molecule has 0 radical (unpaired) electrons. The SMILES string of the molecule is CCNC(=NCCC(C)N(C)C(=O)OC(C)(C)C)NC1CCN(c2cccc(C)n2)CC1. The molecule has 2 N–H and O–H groups in total. The van der Waals surface area contributed by atoms with Gasteiger partial charge in [-0.1, -0.05) is 6.07 Å². The van der Waals surface area contributed by atoms with E-state index in [2.05, 4.69) is 39.6 Å². The summed E-state index contributed by atoms with van der Waals surface area (Å²) in [4.78, 5) is 25.6. The number of carbonyl (C=O) groups is 1. The molecule has 1 atom stereocenters. The maximum Gasteiger partial charge on any atom is 0.410 e. The number of nitrogens with one attached hydrogen (secondary N) is 2. The molecule has 1 unspecified atom stereocenters. The lowest BCUT2D eigenvalue weighted by atomic mass is 10.1. The third-order valence-corrected chi connectivity index (χ3v) is 5.54. The summed E-state index contributed by atoms with van der Waals surface area (Å²) < 4.78 is 5.45. The molecule has 0 spiro atoms. The Morgan fingerprint density at radius 3 is 2.62 bits per heavy atom. The first-order valence-electron chi connectivity index (χ1n) is 11.8. The number of anilines is 1. The van der Waals surface area contributed by atoms with E-state index in [1.165, 1.54) is 0 Å². The number of aryl methyl sites for hydroxylation is 1. The van der Waals surface area contributed by atoms with Gasteiger partial charge in [-0.2, -0.15) is 0 Å². The van der Waals surface area contributed by atoms with Crippen molar-refractivity contribution >= 4 is 17.9 Å². The van der Waals surface area contributed by atoms with Gasteiger partial charge in [0.25, 0.3) is 0 Å². The summed E-state index contributed by atoms with van der Waals surface area (Å²) in [5.41, 5.74) is 0.562. The van der Waals surface area contributed by atoms with Gasteiger partial charge in [0.05, 0.1) is 0 Å². The molecule has 1 saturated heterocycles. The Morgan fingerprint density at radius 1 is 1.34 bits per heavy atom.